The molecule has 2 aromatic carbocycles. The first-order valence-corrected chi connectivity index (χ1v) is 10.0. The lowest BCUT2D eigenvalue weighted by Gasteiger charge is -2.04. The van der Waals surface area contributed by atoms with Gasteiger partial charge in [-0.1, -0.05) is 48.5 Å². The monoisotopic (exact) mass is 405 g/mol. The Hall–Kier alpha value is -3.22. The summed E-state index contributed by atoms with van der Waals surface area (Å²) in [5.41, 5.74) is 3.67. The minimum Gasteiger partial charge on any atom is -0.382 e. The molecule has 1 amide bonds. The van der Waals surface area contributed by atoms with Crippen molar-refractivity contribution in [3.8, 4) is 16.9 Å². The third-order valence-electron chi connectivity index (χ3n) is 4.42. The van der Waals surface area contributed by atoms with Crippen LogP contribution < -0.4 is 5.32 Å². The molecule has 30 heavy (non-hydrogen) atoms. The molecule has 156 valence electrons. The van der Waals surface area contributed by atoms with Gasteiger partial charge >= 0.3 is 0 Å². The Bertz CT molecular complexity index is 937. The van der Waals surface area contributed by atoms with E-state index in [9.17, 15) is 4.79 Å². The maximum atomic E-state index is 12.2. The number of aromatic nitrogens is 2. The van der Waals surface area contributed by atoms with Gasteiger partial charge in [0.15, 0.2) is 0 Å². The second-order valence-electron chi connectivity index (χ2n) is 6.66. The summed E-state index contributed by atoms with van der Waals surface area (Å²) in [7, 11) is 1.64. The number of carbonyl (C=O) groups is 1. The molecular weight excluding hydrogens is 378 g/mol. The van der Waals surface area contributed by atoms with E-state index in [1.165, 1.54) is 0 Å². The van der Waals surface area contributed by atoms with E-state index in [-0.39, 0.29) is 5.91 Å². The van der Waals surface area contributed by atoms with Crippen LogP contribution in [0.25, 0.3) is 23.0 Å². The van der Waals surface area contributed by atoms with Crippen LogP contribution >= 0.6 is 0 Å². The van der Waals surface area contributed by atoms with E-state index in [1.54, 1.807) is 19.3 Å². The molecule has 1 heterocycles. The van der Waals surface area contributed by atoms with Crippen molar-refractivity contribution in [3.05, 3.63) is 78.5 Å². The topological polar surface area (TPSA) is 65.4 Å². The van der Waals surface area contributed by atoms with Gasteiger partial charge in [0.05, 0.1) is 24.6 Å². The molecule has 1 aromatic heterocycles. The summed E-state index contributed by atoms with van der Waals surface area (Å²) in [4.78, 5) is 12.2. The molecule has 0 unspecified atom stereocenters. The minimum absolute atomic E-state index is 0.140. The zero-order valence-electron chi connectivity index (χ0n) is 17.2. The number of rotatable bonds is 11. The van der Waals surface area contributed by atoms with E-state index in [4.69, 9.17) is 14.6 Å². The average molecular weight is 405 g/mol. The van der Waals surface area contributed by atoms with Gasteiger partial charge in [-0.25, -0.2) is 4.68 Å². The van der Waals surface area contributed by atoms with E-state index >= 15 is 0 Å². The third-order valence-corrected chi connectivity index (χ3v) is 4.42. The number of amides is 1. The van der Waals surface area contributed by atoms with Crippen molar-refractivity contribution in [2.75, 3.05) is 33.5 Å². The Morgan fingerprint density at radius 3 is 2.50 bits per heavy atom. The van der Waals surface area contributed by atoms with Gasteiger partial charge in [-0.15, -0.1) is 0 Å². The number of hydrogen-bond acceptors (Lipinski definition) is 4. The molecule has 0 radical (unpaired) electrons. The number of para-hydroxylation sites is 1. The lowest BCUT2D eigenvalue weighted by molar-refractivity contribution is -0.116. The summed E-state index contributed by atoms with van der Waals surface area (Å²) in [5.74, 6) is -0.140. The average Bonchev–Trinajstić information content (AvgIpc) is 3.23. The Labute approximate surface area is 177 Å². The molecule has 0 spiro atoms. The van der Waals surface area contributed by atoms with Gasteiger partial charge in [0.25, 0.3) is 0 Å². The zero-order chi connectivity index (χ0) is 21.0. The molecule has 0 saturated carbocycles. The molecule has 3 aromatic rings. The highest BCUT2D eigenvalue weighted by Crippen LogP contribution is 2.24. The fourth-order valence-corrected chi connectivity index (χ4v) is 2.90. The SMILES string of the molecule is COCCOCCCNC(=O)/C=C/c1cn(-c2ccccc2)nc1-c1ccccc1. The van der Waals surface area contributed by atoms with Crippen LogP contribution in [-0.2, 0) is 14.3 Å². The van der Waals surface area contributed by atoms with Gasteiger partial charge in [-0.3, -0.25) is 4.79 Å². The van der Waals surface area contributed by atoms with Crippen LogP contribution in [-0.4, -0.2) is 49.2 Å². The van der Waals surface area contributed by atoms with Crippen molar-refractivity contribution in [2.45, 2.75) is 6.42 Å². The first-order valence-electron chi connectivity index (χ1n) is 10.0. The van der Waals surface area contributed by atoms with Gasteiger partial charge in [-0.05, 0) is 24.6 Å². The molecule has 0 aliphatic heterocycles. The quantitative estimate of drug-likeness (QED) is 0.390. The lowest BCUT2D eigenvalue weighted by atomic mass is 10.1. The zero-order valence-corrected chi connectivity index (χ0v) is 17.2. The Balaban J connectivity index is 1.65. The molecule has 6 heteroatoms. The largest absolute Gasteiger partial charge is 0.382 e. The van der Waals surface area contributed by atoms with Crippen molar-refractivity contribution in [2.24, 2.45) is 0 Å². The van der Waals surface area contributed by atoms with Crippen LogP contribution in [0.5, 0.6) is 0 Å². The van der Waals surface area contributed by atoms with Gasteiger partial charge < -0.3 is 14.8 Å². The molecule has 3 rings (SSSR count). The van der Waals surface area contributed by atoms with E-state index in [0.717, 1.165) is 28.9 Å². The summed E-state index contributed by atoms with van der Waals surface area (Å²) in [5, 5.41) is 7.62. The number of methoxy groups -OCH3 is 1. The van der Waals surface area contributed by atoms with E-state index in [2.05, 4.69) is 5.32 Å². The van der Waals surface area contributed by atoms with Crippen LogP contribution in [0.15, 0.2) is 72.9 Å². The number of nitrogens with one attached hydrogen (secondary N) is 1. The first-order chi connectivity index (χ1) is 14.8. The molecule has 0 fully saturated rings. The highest BCUT2D eigenvalue weighted by Gasteiger charge is 2.10. The maximum absolute atomic E-state index is 12.2. The van der Waals surface area contributed by atoms with Crippen molar-refractivity contribution < 1.29 is 14.3 Å². The van der Waals surface area contributed by atoms with E-state index in [0.29, 0.717) is 26.4 Å². The summed E-state index contributed by atoms with van der Waals surface area (Å²) < 4.78 is 12.1. The van der Waals surface area contributed by atoms with Crippen LogP contribution in [0.2, 0.25) is 0 Å². The second-order valence-corrected chi connectivity index (χ2v) is 6.66. The van der Waals surface area contributed by atoms with Crippen LogP contribution in [0, 0.1) is 0 Å². The van der Waals surface area contributed by atoms with Crippen molar-refractivity contribution >= 4 is 12.0 Å². The first kappa shape index (κ1) is 21.5. The minimum atomic E-state index is -0.140. The predicted octanol–water partition coefficient (Wildman–Crippen LogP) is 3.72. The summed E-state index contributed by atoms with van der Waals surface area (Å²) >= 11 is 0. The Morgan fingerprint density at radius 1 is 1.03 bits per heavy atom. The van der Waals surface area contributed by atoms with Gasteiger partial charge in [-0.2, -0.15) is 5.10 Å². The molecule has 1 N–H and O–H groups in total. The summed E-state index contributed by atoms with van der Waals surface area (Å²) in [6.07, 6.45) is 6.04. The van der Waals surface area contributed by atoms with Crippen LogP contribution in [0.3, 0.4) is 0 Å². The number of ether oxygens (including phenoxy) is 2. The van der Waals surface area contributed by atoms with Crippen molar-refractivity contribution in [1.29, 1.82) is 0 Å². The number of nitrogens with zero attached hydrogens (tertiary/aromatic N) is 2. The van der Waals surface area contributed by atoms with Gasteiger partial charge in [0.1, 0.15) is 0 Å². The van der Waals surface area contributed by atoms with Crippen LogP contribution in [0.1, 0.15) is 12.0 Å². The summed E-state index contributed by atoms with van der Waals surface area (Å²) in [6.45, 7) is 2.30. The van der Waals surface area contributed by atoms with E-state index in [1.807, 2.05) is 71.5 Å². The number of benzene rings is 2. The predicted molar refractivity (Wildman–Crippen MR) is 118 cm³/mol. The number of carbonyl (C=O) groups excluding carboxylic acids is 1. The molecule has 0 aliphatic carbocycles. The second kappa shape index (κ2) is 11.7. The van der Waals surface area contributed by atoms with E-state index < -0.39 is 0 Å². The molecule has 0 atom stereocenters. The van der Waals surface area contributed by atoms with Gasteiger partial charge in [0.2, 0.25) is 5.91 Å². The molecule has 0 saturated heterocycles. The lowest BCUT2D eigenvalue weighted by Crippen LogP contribution is -2.23. The standard InChI is InChI=1S/C24H27N3O3/c1-29-17-18-30-16-8-15-25-23(28)14-13-21-19-27(22-11-6-3-7-12-22)26-24(21)20-9-4-2-5-10-20/h2-7,9-14,19H,8,15-18H2,1H3,(H,25,28)/b14-13+. The number of hydrogen-bond donors (Lipinski definition) is 1. The highest BCUT2D eigenvalue weighted by atomic mass is 16.5. The van der Waals surface area contributed by atoms with Crippen molar-refractivity contribution in [3.63, 3.8) is 0 Å². The highest BCUT2D eigenvalue weighted by molar-refractivity contribution is 5.92. The molecular formula is C24H27N3O3. The fourth-order valence-electron chi connectivity index (χ4n) is 2.90. The third kappa shape index (κ3) is 6.40. The molecule has 0 aliphatic rings. The summed E-state index contributed by atoms with van der Waals surface area (Å²) in [6, 6.07) is 19.9. The van der Waals surface area contributed by atoms with Gasteiger partial charge in [0, 0.05) is 43.7 Å². The van der Waals surface area contributed by atoms with Crippen LogP contribution in [0.4, 0.5) is 0 Å². The smallest absolute Gasteiger partial charge is 0.244 e. The maximum Gasteiger partial charge on any atom is 0.244 e. The van der Waals surface area contributed by atoms with Crippen molar-refractivity contribution in [1.82, 2.24) is 15.1 Å². The molecule has 0 bridgehead atoms. The molecule has 6 nitrogen and oxygen atoms in total. The fraction of sp³-hybridized carbons (Fsp3) is 0.250. The Morgan fingerprint density at radius 2 is 1.77 bits per heavy atom. The Kier molecular flexibility index (Phi) is 8.38. The normalized spacial score (nSPS) is 11.1.